The molecule has 2 rings (SSSR count). The molecule has 1 heterocycles. The number of urea groups is 1. The summed E-state index contributed by atoms with van der Waals surface area (Å²) in [5, 5.41) is 2.76. The first-order valence-corrected chi connectivity index (χ1v) is 6.18. The van der Waals surface area contributed by atoms with Crippen LogP contribution in [0.15, 0.2) is 0 Å². The van der Waals surface area contributed by atoms with E-state index in [1.54, 1.807) is 9.80 Å². The summed E-state index contributed by atoms with van der Waals surface area (Å²) in [4.78, 5) is 27.1. The molecule has 6 nitrogen and oxygen atoms in total. The highest BCUT2D eigenvalue weighted by Crippen LogP contribution is 2.34. The van der Waals surface area contributed by atoms with Crippen LogP contribution in [0.2, 0.25) is 0 Å². The van der Waals surface area contributed by atoms with Crippen molar-refractivity contribution in [1.82, 2.24) is 15.1 Å². The summed E-state index contributed by atoms with van der Waals surface area (Å²) in [6.07, 6.45) is 1.59. The van der Waals surface area contributed by atoms with E-state index in [1.807, 2.05) is 6.92 Å². The topological polar surface area (TPSA) is 78.7 Å². The normalized spacial score (nSPS) is 22.2. The van der Waals surface area contributed by atoms with Gasteiger partial charge in [-0.25, -0.2) is 4.79 Å². The Labute approximate surface area is 101 Å². The summed E-state index contributed by atoms with van der Waals surface area (Å²) >= 11 is 0. The predicted octanol–water partition coefficient (Wildman–Crippen LogP) is -0.649. The van der Waals surface area contributed by atoms with Gasteiger partial charge >= 0.3 is 6.03 Å². The van der Waals surface area contributed by atoms with Gasteiger partial charge < -0.3 is 20.9 Å². The van der Waals surface area contributed by atoms with Crippen LogP contribution in [-0.2, 0) is 4.79 Å². The molecule has 0 aromatic rings. The Balaban J connectivity index is 1.82. The van der Waals surface area contributed by atoms with E-state index in [4.69, 9.17) is 5.73 Å². The summed E-state index contributed by atoms with van der Waals surface area (Å²) in [6, 6.07) is -0.0477. The van der Waals surface area contributed by atoms with Gasteiger partial charge in [-0.15, -0.1) is 0 Å². The van der Waals surface area contributed by atoms with E-state index in [-0.39, 0.29) is 11.9 Å². The Morgan fingerprint density at radius 3 is 2.18 bits per heavy atom. The highest BCUT2D eigenvalue weighted by molar-refractivity contribution is 5.89. The van der Waals surface area contributed by atoms with Crippen molar-refractivity contribution < 1.29 is 9.59 Å². The minimum Gasteiger partial charge on any atom is -0.338 e. The van der Waals surface area contributed by atoms with Crippen molar-refractivity contribution in [3.05, 3.63) is 0 Å². The van der Waals surface area contributed by atoms with E-state index in [9.17, 15) is 9.59 Å². The lowest BCUT2D eigenvalue weighted by molar-refractivity contribution is -0.135. The van der Waals surface area contributed by atoms with Crippen molar-refractivity contribution in [2.75, 3.05) is 32.7 Å². The number of carbonyl (C=O) groups excluding carboxylic acids is 2. The first kappa shape index (κ1) is 12.2. The van der Waals surface area contributed by atoms with E-state index < -0.39 is 5.54 Å². The molecule has 0 spiro atoms. The lowest BCUT2D eigenvalue weighted by atomic mass is 10.2. The second kappa shape index (κ2) is 4.52. The molecule has 1 saturated heterocycles. The number of piperazine rings is 1. The minimum absolute atomic E-state index is 0.0477. The molecule has 6 heteroatoms. The zero-order valence-electron chi connectivity index (χ0n) is 10.2. The van der Waals surface area contributed by atoms with Crippen molar-refractivity contribution in [1.29, 1.82) is 0 Å². The van der Waals surface area contributed by atoms with Crippen molar-refractivity contribution in [2.24, 2.45) is 5.73 Å². The smallest absolute Gasteiger partial charge is 0.317 e. The van der Waals surface area contributed by atoms with Crippen LogP contribution in [0.25, 0.3) is 0 Å². The first-order chi connectivity index (χ1) is 8.07. The van der Waals surface area contributed by atoms with Gasteiger partial charge in [0.05, 0.1) is 5.54 Å². The second-order valence-corrected chi connectivity index (χ2v) is 4.77. The van der Waals surface area contributed by atoms with Gasteiger partial charge in [-0.05, 0) is 19.8 Å². The van der Waals surface area contributed by atoms with E-state index in [0.29, 0.717) is 32.7 Å². The summed E-state index contributed by atoms with van der Waals surface area (Å²) in [5.41, 5.74) is 5.29. The zero-order valence-corrected chi connectivity index (χ0v) is 10.2. The lowest BCUT2D eigenvalue weighted by Crippen LogP contribution is -2.56. The Morgan fingerprint density at radius 2 is 1.71 bits per heavy atom. The number of rotatable bonds is 2. The van der Waals surface area contributed by atoms with Crippen molar-refractivity contribution in [3.63, 3.8) is 0 Å². The molecule has 1 saturated carbocycles. The molecule has 2 fully saturated rings. The summed E-state index contributed by atoms with van der Waals surface area (Å²) in [6.45, 7) is 4.89. The maximum atomic E-state index is 12.0. The molecule has 0 aromatic carbocycles. The quantitative estimate of drug-likeness (QED) is 0.673. The van der Waals surface area contributed by atoms with E-state index in [0.717, 1.165) is 12.8 Å². The summed E-state index contributed by atoms with van der Waals surface area (Å²) in [7, 11) is 0. The fraction of sp³-hybridized carbons (Fsp3) is 0.818. The predicted molar refractivity (Wildman–Crippen MR) is 63.4 cm³/mol. The van der Waals surface area contributed by atoms with Crippen LogP contribution >= 0.6 is 0 Å². The molecule has 1 aliphatic carbocycles. The fourth-order valence-corrected chi connectivity index (χ4v) is 2.04. The largest absolute Gasteiger partial charge is 0.338 e. The molecule has 3 amide bonds. The highest BCUT2D eigenvalue weighted by Gasteiger charge is 2.48. The summed E-state index contributed by atoms with van der Waals surface area (Å²) < 4.78 is 0. The SMILES string of the molecule is CCNC(=O)N1CCN(C(=O)C2(N)CC2)CC1. The molecule has 0 aromatic heterocycles. The third-order valence-corrected chi connectivity index (χ3v) is 3.40. The van der Waals surface area contributed by atoms with Crippen LogP contribution in [0.5, 0.6) is 0 Å². The molecule has 17 heavy (non-hydrogen) atoms. The monoisotopic (exact) mass is 240 g/mol. The molecule has 96 valence electrons. The minimum atomic E-state index is -0.589. The highest BCUT2D eigenvalue weighted by atomic mass is 16.2. The second-order valence-electron chi connectivity index (χ2n) is 4.77. The maximum Gasteiger partial charge on any atom is 0.317 e. The Hall–Kier alpha value is -1.30. The van der Waals surface area contributed by atoms with Crippen LogP contribution in [-0.4, -0.2) is 60.0 Å². The Kier molecular flexibility index (Phi) is 3.24. The number of carbonyl (C=O) groups is 2. The van der Waals surface area contributed by atoms with Crippen LogP contribution in [0, 0.1) is 0 Å². The molecule has 0 bridgehead atoms. The standard InChI is InChI=1S/C11H20N4O2/c1-2-13-10(17)15-7-5-14(6-8-15)9(16)11(12)3-4-11/h2-8,12H2,1H3,(H,13,17). The van der Waals surface area contributed by atoms with Gasteiger partial charge in [-0.2, -0.15) is 0 Å². The number of amides is 3. The van der Waals surface area contributed by atoms with Gasteiger partial charge in [0.1, 0.15) is 0 Å². The first-order valence-electron chi connectivity index (χ1n) is 6.18. The van der Waals surface area contributed by atoms with E-state index in [1.165, 1.54) is 0 Å². The van der Waals surface area contributed by atoms with Gasteiger partial charge in [0.2, 0.25) is 5.91 Å². The molecule has 0 radical (unpaired) electrons. The van der Waals surface area contributed by atoms with Crippen LogP contribution in [0.3, 0.4) is 0 Å². The van der Waals surface area contributed by atoms with Gasteiger partial charge in [0.25, 0.3) is 0 Å². The average Bonchev–Trinajstić information content (AvgIpc) is 3.08. The molecule has 1 aliphatic heterocycles. The van der Waals surface area contributed by atoms with E-state index >= 15 is 0 Å². The number of nitrogens with two attached hydrogens (primary N) is 1. The third-order valence-electron chi connectivity index (χ3n) is 3.40. The molecule has 0 unspecified atom stereocenters. The van der Waals surface area contributed by atoms with Crippen molar-refractivity contribution >= 4 is 11.9 Å². The fourth-order valence-electron chi connectivity index (χ4n) is 2.04. The maximum absolute atomic E-state index is 12.0. The van der Waals surface area contributed by atoms with Gasteiger partial charge in [-0.1, -0.05) is 0 Å². The molecular formula is C11H20N4O2. The number of hydrogen-bond acceptors (Lipinski definition) is 3. The van der Waals surface area contributed by atoms with Crippen molar-refractivity contribution in [3.8, 4) is 0 Å². The van der Waals surface area contributed by atoms with Crippen molar-refractivity contribution in [2.45, 2.75) is 25.3 Å². The van der Waals surface area contributed by atoms with Crippen LogP contribution in [0.1, 0.15) is 19.8 Å². The van der Waals surface area contributed by atoms with Gasteiger partial charge in [-0.3, -0.25) is 4.79 Å². The lowest BCUT2D eigenvalue weighted by Gasteiger charge is -2.35. The van der Waals surface area contributed by atoms with Crippen LogP contribution < -0.4 is 11.1 Å². The molecular weight excluding hydrogens is 220 g/mol. The number of hydrogen-bond donors (Lipinski definition) is 2. The molecule has 3 N–H and O–H groups in total. The number of nitrogens with zero attached hydrogens (tertiary/aromatic N) is 2. The summed E-state index contributed by atoms with van der Waals surface area (Å²) in [5.74, 6) is 0.0491. The molecule has 0 atom stereocenters. The zero-order chi connectivity index (χ0) is 12.5. The Bertz CT molecular complexity index is 319. The average molecular weight is 240 g/mol. The van der Waals surface area contributed by atoms with E-state index in [2.05, 4.69) is 5.32 Å². The van der Waals surface area contributed by atoms with Gasteiger partial charge in [0, 0.05) is 32.7 Å². The van der Waals surface area contributed by atoms with Crippen LogP contribution in [0.4, 0.5) is 4.79 Å². The number of nitrogens with one attached hydrogen (secondary N) is 1. The third kappa shape index (κ3) is 2.52. The Morgan fingerprint density at radius 1 is 1.18 bits per heavy atom. The van der Waals surface area contributed by atoms with Gasteiger partial charge in [0.15, 0.2) is 0 Å². The molecule has 2 aliphatic rings.